The van der Waals surface area contributed by atoms with E-state index in [1.807, 2.05) is 36.5 Å². The van der Waals surface area contributed by atoms with E-state index >= 15 is 0 Å². The average molecular weight is 231 g/mol. The minimum absolute atomic E-state index is 0.0515. The largest absolute Gasteiger partial charge is 0.329 e. The number of hydrogen-bond acceptors (Lipinski definition) is 1. The van der Waals surface area contributed by atoms with Crippen molar-refractivity contribution in [3.05, 3.63) is 47.7 Å². The summed E-state index contributed by atoms with van der Waals surface area (Å²) in [4.78, 5) is 11.8. The van der Waals surface area contributed by atoms with Crippen molar-refractivity contribution in [1.82, 2.24) is 5.32 Å². The second-order valence-electron chi connectivity index (χ2n) is 4.79. The maximum atomic E-state index is 11.8. The lowest BCUT2D eigenvalue weighted by atomic mass is 9.93. The van der Waals surface area contributed by atoms with E-state index in [2.05, 4.69) is 33.0 Å². The molecule has 0 aromatic heterocycles. The van der Waals surface area contributed by atoms with Gasteiger partial charge in [0.25, 0.3) is 5.91 Å². The van der Waals surface area contributed by atoms with Gasteiger partial charge in [-0.05, 0) is 29.5 Å². The van der Waals surface area contributed by atoms with Crippen molar-refractivity contribution < 1.29 is 4.79 Å². The fourth-order valence-electron chi connectivity index (χ4n) is 1.82. The van der Waals surface area contributed by atoms with Crippen molar-refractivity contribution in [3.8, 4) is 0 Å². The molecule has 2 nitrogen and oxygen atoms in total. The van der Waals surface area contributed by atoms with Gasteiger partial charge in [0.05, 0.1) is 0 Å². The summed E-state index contributed by atoms with van der Waals surface area (Å²) in [5.41, 5.74) is 1.95. The first kappa shape index (κ1) is 13.5. The maximum absolute atomic E-state index is 11.8. The highest BCUT2D eigenvalue weighted by Gasteiger charge is 2.09. The molecule has 0 unspecified atom stereocenters. The molecule has 17 heavy (non-hydrogen) atoms. The first-order valence-corrected chi connectivity index (χ1v) is 6.08. The van der Waals surface area contributed by atoms with E-state index in [0.29, 0.717) is 17.4 Å². The molecule has 0 aliphatic rings. The monoisotopic (exact) mass is 231 g/mol. The zero-order valence-corrected chi connectivity index (χ0v) is 11.0. The van der Waals surface area contributed by atoms with E-state index in [9.17, 15) is 4.79 Å². The Balaban J connectivity index is 2.72. The first-order chi connectivity index (χ1) is 8.02. The first-order valence-electron chi connectivity index (χ1n) is 6.08. The molecule has 0 atom stereocenters. The molecule has 2 heteroatoms. The molecule has 1 rings (SSSR count). The predicted octanol–water partition coefficient (Wildman–Crippen LogP) is 3.61. The molecule has 1 aromatic carbocycles. The Morgan fingerprint density at radius 1 is 1.06 bits per heavy atom. The Morgan fingerprint density at radius 2 is 1.59 bits per heavy atom. The van der Waals surface area contributed by atoms with Crippen LogP contribution in [-0.2, 0) is 0 Å². The molecule has 0 aliphatic carbocycles. The molecular weight excluding hydrogens is 210 g/mol. The lowest BCUT2D eigenvalue weighted by molar-refractivity contribution is 0.0969. The number of benzene rings is 1. The van der Waals surface area contributed by atoms with Gasteiger partial charge in [0.1, 0.15) is 0 Å². The molecule has 0 spiro atoms. The minimum Gasteiger partial charge on any atom is -0.329 e. The van der Waals surface area contributed by atoms with Gasteiger partial charge in [-0.15, -0.1) is 0 Å². The van der Waals surface area contributed by atoms with E-state index in [1.165, 1.54) is 5.57 Å². The van der Waals surface area contributed by atoms with Gasteiger partial charge in [0.2, 0.25) is 0 Å². The van der Waals surface area contributed by atoms with Gasteiger partial charge in [-0.25, -0.2) is 0 Å². The van der Waals surface area contributed by atoms with Crippen molar-refractivity contribution in [2.45, 2.75) is 27.7 Å². The van der Waals surface area contributed by atoms with Gasteiger partial charge in [0, 0.05) is 11.8 Å². The van der Waals surface area contributed by atoms with E-state index in [-0.39, 0.29) is 5.91 Å². The second-order valence-corrected chi connectivity index (χ2v) is 4.79. The van der Waals surface area contributed by atoms with Crippen LogP contribution in [0, 0.1) is 11.8 Å². The molecule has 0 heterocycles. The van der Waals surface area contributed by atoms with Crippen LogP contribution >= 0.6 is 0 Å². The van der Waals surface area contributed by atoms with Crippen molar-refractivity contribution in [2.75, 3.05) is 0 Å². The molecule has 1 N–H and O–H groups in total. The number of hydrogen-bond donors (Lipinski definition) is 1. The van der Waals surface area contributed by atoms with E-state index in [1.54, 1.807) is 0 Å². The van der Waals surface area contributed by atoms with Crippen LogP contribution in [0.15, 0.2) is 42.1 Å². The standard InChI is InChI=1S/C15H21NO/c1-11(2)14(12(3)4)10-16-15(17)13-8-6-5-7-9-13/h5-12H,1-4H3,(H,16,17). The summed E-state index contributed by atoms with van der Waals surface area (Å²) in [5, 5.41) is 2.86. The predicted molar refractivity (Wildman–Crippen MR) is 71.7 cm³/mol. The van der Waals surface area contributed by atoms with E-state index in [4.69, 9.17) is 0 Å². The van der Waals surface area contributed by atoms with Crippen LogP contribution in [0.5, 0.6) is 0 Å². The molecule has 0 radical (unpaired) electrons. The fourth-order valence-corrected chi connectivity index (χ4v) is 1.82. The van der Waals surface area contributed by atoms with E-state index in [0.717, 1.165) is 0 Å². The third-order valence-corrected chi connectivity index (χ3v) is 2.74. The summed E-state index contributed by atoms with van der Waals surface area (Å²) in [6.07, 6.45) is 1.85. The Hall–Kier alpha value is -1.57. The van der Waals surface area contributed by atoms with Gasteiger partial charge >= 0.3 is 0 Å². The van der Waals surface area contributed by atoms with Crippen LogP contribution in [0.1, 0.15) is 38.1 Å². The number of nitrogens with one attached hydrogen (secondary N) is 1. The lowest BCUT2D eigenvalue weighted by Crippen LogP contribution is -2.19. The summed E-state index contributed by atoms with van der Waals surface area (Å²) in [6.45, 7) is 8.56. The minimum atomic E-state index is -0.0515. The molecule has 0 saturated heterocycles. The average Bonchev–Trinajstić information content (AvgIpc) is 2.29. The van der Waals surface area contributed by atoms with Gasteiger partial charge < -0.3 is 5.32 Å². The van der Waals surface area contributed by atoms with Crippen molar-refractivity contribution in [3.63, 3.8) is 0 Å². The Kier molecular flexibility index (Phi) is 4.95. The summed E-state index contributed by atoms with van der Waals surface area (Å²) >= 11 is 0. The Bertz CT molecular complexity index is 381. The number of amides is 1. The van der Waals surface area contributed by atoms with Crippen LogP contribution in [0.25, 0.3) is 0 Å². The molecule has 0 fully saturated rings. The third-order valence-electron chi connectivity index (χ3n) is 2.74. The molecule has 1 aromatic rings. The number of allylic oxidation sites excluding steroid dienone is 1. The second kappa shape index (κ2) is 6.24. The highest BCUT2D eigenvalue weighted by atomic mass is 16.1. The molecule has 1 amide bonds. The summed E-state index contributed by atoms with van der Waals surface area (Å²) in [5.74, 6) is 0.849. The van der Waals surface area contributed by atoms with E-state index < -0.39 is 0 Å². The van der Waals surface area contributed by atoms with Gasteiger partial charge in [-0.2, -0.15) is 0 Å². The van der Waals surface area contributed by atoms with Crippen molar-refractivity contribution in [2.24, 2.45) is 11.8 Å². The molecule has 0 saturated carbocycles. The van der Waals surface area contributed by atoms with Gasteiger partial charge in [0.15, 0.2) is 0 Å². The Morgan fingerprint density at radius 3 is 2.06 bits per heavy atom. The third kappa shape index (κ3) is 4.06. The molecule has 0 bridgehead atoms. The SMILES string of the molecule is CC(C)C(=CNC(=O)c1ccccc1)C(C)C. The number of rotatable bonds is 4. The Labute approximate surface area is 104 Å². The molecule has 92 valence electrons. The normalized spacial score (nSPS) is 10.5. The van der Waals surface area contributed by atoms with Crippen molar-refractivity contribution >= 4 is 5.91 Å². The van der Waals surface area contributed by atoms with Crippen LogP contribution in [0.3, 0.4) is 0 Å². The highest BCUT2D eigenvalue weighted by molar-refractivity contribution is 5.94. The highest BCUT2D eigenvalue weighted by Crippen LogP contribution is 2.18. The smallest absolute Gasteiger partial charge is 0.255 e. The maximum Gasteiger partial charge on any atom is 0.255 e. The van der Waals surface area contributed by atoms with Crippen LogP contribution < -0.4 is 5.32 Å². The quantitative estimate of drug-likeness (QED) is 0.842. The number of carbonyl (C=O) groups excluding carboxylic acids is 1. The summed E-state index contributed by atoms with van der Waals surface area (Å²) in [7, 11) is 0. The summed E-state index contributed by atoms with van der Waals surface area (Å²) in [6, 6.07) is 9.26. The zero-order valence-electron chi connectivity index (χ0n) is 11.0. The molecule has 0 aliphatic heterocycles. The van der Waals surface area contributed by atoms with Gasteiger partial charge in [-0.3, -0.25) is 4.79 Å². The van der Waals surface area contributed by atoms with Crippen LogP contribution in [-0.4, -0.2) is 5.91 Å². The summed E-state index contributed by atoms with van der Waals surface area (Å²) < 4.78 is 0. The lowest BCUT2D eigenvalue weighted by Gasteiger charge is -2.15. The van der Waals surface area contributed by atoms with Crippen molar-refractivity contribution in [1.29, 1.82) is 0 Å². The van der Waals surface area contributed by atoms with Gasteiger partial charge in [-0.1, -0.05) is 45.9 Å². The topological polar surface area (TPSA) is 29.1 Å². The zero-order chi connectivity index (χ0) is 12.8. The molecular formula is C15H21NO. The fraction of sp³-hybridized carbons (Fsp3) is 0.400. The van der Waals surface area contributed by atoms with Crippen LogP contribution in [0.2, 0.25) is 0 Å². The number of carbonyl (C=O) groups is 1. The van der Waals surface area contributed by atoms with Crippen LogP contribution in [0.4, 0.5) is 0 Å².